The van der Waals surface area contributed by atoms with Gasteiger partial charge in [0, 0.05) is 11.1 Å². The lowest BCUT2D eigenvalue weighted by Crippen LogP contribution is -2.14. The zero-order valence-electron chi connectivity index (χ0n) is 17.0. The van der Waals surface area contributed by atoms with Gasteiger partial charge in [-0.1, -0.05) is 84.6 Å². The maximum atomic E-state index is 12.5. The van der Waals surface area contributed by atoms with Crippen LogP contribution in [0.1, 0.15) is 5.56 Å². The second-order valence-electron chi connectivity index (χ2n) is 6.93. The van der Waals surface area contributed by atoms with Crippen molar-refractivity contribution in [2.24, 2.45) is 0 Å². The Labute approximate surface area is 190 Å². The van der Waals surface area contributed by atoms with Gasteiger partial charge >= 0.3 is 0 Å². The first kappa shape index (κ1) is 21.2. The van der Waals surface area contributed by atoms with Crippen LogP contribution >= 0.6 is 11.8 Å². The third-order valence-corrected chi connectivity index (χ3v) is 5.75. The number of nitrogens with one attached hydrogen (secondary N) is 1. The Bertz CT molecular complexity index is 1290. The van der Waals surface area contributed by atoms with Gasteiger partial charge in [0.05, 0.1) is 22.7 Å². The summed E-state index contributed by atoms with van der Waals surface area (Å²) in [6.07, 6.45) is 0. The van der Waals surface area contributed by atoms with Crippen LogP contribution in [0.5, 0.6) is 5.75 Å². The first-order valence-electron chi connectivity index (χ1n) is 9.92. The highest BCUT2D eigenvalue weighted by Gasteiger charge is 2.17. The van der Waals surface area contributed by atoms with Gasteiger partial charge in [-0.15, -0.1) is 0 Å². The molecule has 0 atom stereocenters. The zero-order valence-corrected chi connectivity index (χ0v) is 17.8. The fraction of sp³-hybridized carbons (Fsp3) is 0.0385. The summed E-state index contributed by atoms with van der Waals surface area (Å²) in [5.41, 5.74) is 4.10. The van der Waals surface area contributed by atoms with Crippen molar-refractivity contribution in [3.63, 3.8) is 0 Å². The van der Waals surface area contributed by atoms with Crippen molar-refractivity contribution < 1.29 is 9.90 Å². The molecule has 0 saturated heterocycles. The molecule has 0 saturated carbocycles. The van der Waals surface area contributed by atoms with Gasteiger partial charge in [0.2, 0.25) is 5.91 Å². The SMILES string of the molecule is N#Cc1c(-c2ccccc2)cc(-c2ccccc2)nc1SCC(=O)Nc1ccccc1O. The number of phenols is 1. The number of aromatic nitrogens is 1. The number of phenolic OH excluding ortho intramolecular Hbond substituents is 1. The molecule has 4 aromatic rings. The van der Waals surface area contributed by atoms with E-state index in [0.717, 1.165) is 22.4 Å². The number of amides is 1. The Balaban J connectivity index is 1.68. The van der Waals surface area contributed by atoms with Gasteiger partial charge in [0.1, 0.15) is 16.8 Å². The Hall–Kier alpha value is -4.08. The largest absolute Gasteiger partial charge is 0.506 e. The number of pyridine rings is 1. The Morgan fingerprint density at radius 3 is 2.22 bits per heavy atom. The van der Waals surface area contributed by atoms with Crippen LogP contribution in [0.25, 0.3) is 22.4 Å². The molecule has 2 N–H and O–H groups in total. The second-order valence-corrected chi connectivity index (χ2v) is 7.90. The lowest BCUT2D eigenvalue weighted by atomic mass is 9.99. The molecular formula is C26H19N3O2S. The van der Waals surface area contributed by atoms with Crippen molar-refractivity contribution in [1.29, 1.82) is 5.26 Å². The first-order valence-corrected chi connectivity index (χ1v) is 10.9. The Morgan fingerprint density at radius 2 is 1.56 bits per heavy atom. The average molecular weight is 438 g/mol. The molecule has 6 heteroatoms. The van der Waals surface area contributed by atoms with Gasteiger partial charge in [-0.05, 0) is 23.8 Å². The van der Waals surface area contributed by atoms with Crippen LogP contribution in [0.2, 0.25) is 0 Å². The van der Waals surface area contributed by atoms with Gasteiger partial charge in [0.25, 0.3) is 0 Å². The van der Waals surface area contributed by atoms with Crippen LogP contribution in [0, 0.1) is 11.3 Å². The molecule has 0 aliphatic rings. The van der Waals surface area contributed by atoms with Gasteiger partial charge in [0.15, 0.2) is 0 Å². The summed E-state index contributed by atoms with van der Waals surface area (Å²) in [4.78, 5) is 17.2. The number of anilines is 1. The standard InChI is InChI=1S/C26H19N3O2S/c27-16-21-20(18-9-3-1-4-10-18)15-23(19-11-5-2-6-12-19)29-26(21)32-17-25(31)28-22-13-7-8-14-24(22)30/h1-15,30H,17H2,(H,28,31). The minimum atomic E-state index is -0.298. The molecule has 4 rings (SSSR count). The van der Waals surface area contributed by atoms with Gasteiger partial charge < -0.3 is 10.4 Å². The molecule has 0 unspecified atom stereocenters. The molecule has 0 spiro atoms. The van der Waals surface area contributed by atoms with E-state index in [1.807, 2.05) is 66.7 Å². The minimum Gasteiger partial charge on any atom is -0.506 e. The van der Waals surface area contributed by atoms with Gasteiger partial charge in [-0.3, -0.25) is 4.79 Å². The molecule has 0 radical (unpaired) electrons. The predicted molar refractivity (Wildman–Crippen MR) is 127 cm³/mol. The number of carbonyl (C=O) groups excluding carboxylic acids is 1. The molecule has 1 heterocycles. The maximum Gasteiger partial charge on any atom is 0.234 e. The lowest BCUT2D eigenvalue weighted by Gasteiger charge is -2.13. The highest BCUT2D eigenvalue weighted by molar-refractivity contribution is 8.00. The van der Waals surface area contributed by atoms with E-state index < -0.39 is 0 Å². The van der Waals surface area contributed by atoms with Gasteiger partial charge in [-0.2, -0.15) is 5.26 Å². The minimum absolute atomic E-state index is 0.000808. The molecule has 3 aromatic carbocycles. The molecule has 1 aromatic heterocycles. The summed E-state index contributed by atoms with van der Waals surface area (Å²) in [5, 5.41) is 23.0. The van der Waals surface area contributed by atoms with Crippen LogP contribution in [0.15, 0.2) is 96.0 Å². The van der Waals surface area contributed by atoms with Crippen molar-refractivity contribution in [3.8, 4) is 34.2 Å². The number of nitrogens with zero attached hydrogens (tertiary/aromatic N) is 2. The summed E-state index contributed by atoms with van der Waals surface area (Å²) < 4.78 is 0. The summed E-state index contributed by atoms with van der Waals surface area (Å²) >= 11 is 1.20. The van der Waals surface area contributed by atoms with Crippen LogP contribution in [-0.2, 0) is 4.79 Å². The quantitative estimate of drug-likeness (QED) is 0.297. The van der Waals surface area contributed by atoms with Crippen molar-refractivity contribution in [2.45, 2.75) is 5.03 Å². The number of hydrogen-bond donors (Lipinski definition) is 2. The summed E-state index contributed by atoms with van der Waals surface area (Å²) in [6.45, 7) is 0. The summed E-state index contributed by atoms with van der Waals surface area (Å²) in [5.74, 6) is -0.254. The van der Waals surface area contributed by atoms with Crippen molar-refractivity contribution >= 4 is 23.4 Å². The van der Waals surface area contributed by atoms with E-state index in [1.165, 1.54) is 17.8 Å². The maximum absolute atomic E-state index is 12.5. The smallest absolute Gasteiger partial charge is 0.234 e. The topological polar surface area (TPSA) is 86.0 Å². The summed E-state index contributed by atoms with van der Waals surface area (Å²) in [6, 6.07) is 30.1. The molecule has 32 heavy (non-hydrogen) atoms. The lowest BCUT2D eigenvalue weighted by molar-refractivity contribution is -0.113. The van der Waals surface area contributed by atoms with E-state index in [2.05, 4.69) is 11.4 Å². The monoisotopic (exact) mass is 437 g/mol. The number of benzene rings is 3. The summed E-state index contributed by atoms with van der Waals surface area (Å²) in [7, 11) is 0. The fourth-order valence-electron chi connectivity index (χ4n) is 3.24. The highest BCUT2D eigenvalue weighted by atomic mass is 32.2. The molecule has 0 aliphatic carbocycles. The van der Waals surface area contributed by atoms with E-state index in [0.29, 0.717) is 16.3 Å². The van der Waals surface area contributed by atoms with Crippen LogP contribution in [-0.4, -0.2) is 21.8 Å². The number of thioether (sulfide) groups is 1. The molecule has 1 amide bonds. The van der Waals surface area contributed by atoms with E-state index in [-0.39, 0.29) is 17.4 Å². The van der Waals surface area contributed by atoms with Gasteiger partial charge in [-0.25, -0.2) is 4.98 Å². The van der Waals surface area contributed by atoms with Crippen LogP contribution in [0.4, 0.5) is 5.69 Å². The molecule has 156 valence electrons. The Morgan fingerprint density at radius 1 is 0.938 bits per heavy atom. The number of carbonyl (C=O) groups is 1. The molecule has 0 bridgehead atoms. The van der Waals surface area contributed by atoms with Crippen LogP contribution < -0.4 is 5.32 Å². The van der Waals surface area contributed by atoms with E-state index >= 15 is 0 Å². The molecule has 0 fully saturated rings. The number of nitriles is 1. The number of hydrogen-bond acceptors (Lipinski definition) is 5. The van der Waals surface area contributed by atoms with E-state index in [4.69, 9.17) is 4.98 Å². The molecule has 0 aliphatic heterocycles. The number of rotatable bonds is 6. The highest BCUT2D eigenvalue weighted by Crippen LogP contribution is 2.34. The van der Waals surface area contributed by atoms with Crippen molar-refractivity contribution in [1.82, 2.24) is 4.98 Å². The normalized spacial score (nSPS) is 10.3. The second kappa shape index (κ2) is 9.82. The third-order valence-electron chi connectivity index (χ3n) is 4.77. The average Bonchev–Trinajstić information content (AvgIpc) is 2.84. The fourth-order valence-corrected chi connectivity index (χ4v) is 4.04. The number of para-hydroxylation sites is 2. The predicted octanol–water partition coefficient (Wildman–Crippen LogP) is 5.72. The zero-order chi connectivity index (χ0) is 22.3. The van der Waals surface area contributed by atoms with E-state index in [9.17, 15) is 15.2 Å². The molecular weight excluding hydrogens is 418 g/mol. The van der Waals surface area contributed by atoms with Crippen molar-refractivity contribution in [3.05, 3.63) is 96.6 Å². The first-order chi connectivity index (χ1) is 15.7. The Kier molecular flexibility index (Phi) is 6.49. The van der Waals surface area contributed by atoms with Crippen molar-refractivity contribution in [2.75, 3.05) is 11.1 Å². The number of aromatic hydroxyl groups is 1. The van der Waals surface area contributed by atoms with Crippen LogP contribution in [0.3, 0.4) is 0 Å². The third kappa shape index (κ3) is 4.80. The molecule has 5 nitrogen and oxygen atoms in total. The van der Waals surface area contributed by atoms with E-state index in [1.54, 1.807) is 18.2 Å².